The predicted molar refractivity (Wildman–Crippen MR) is 75.7 cm³/mol. The van der Waals surface area contributed by atoms with E-state index in [1.54, 1.807) is 29.8 Å². The van der Waals surface area contributed by atoms with Gasteiger partial charge in [0.1, 0.15) is 5.75 Å². The summed E-state index contributed by atoms with van der Waals surface area (Å²) in [6, 6.07) is 4.17. The van der Waals surface area contributed by atoms with E-state index in [0.29, 0.717) is 0 Å². The Hall–Kier alpha value is -0.0300. The van der Waals surface area contributed by atoms with E-state index in [-0.39, 0.29) is 4.83 Å². The molecule has 2 rings (SSSR count). The molecule has 1 unspecified atom stereocenters. The number of thiophene rings is 2. The van der Waals surface area contributed by atoms with Crippen LogP contribution in [-0.4, -0.2) is 7.11 Å². The quantitative estimate of drug-likeness (QED) is 0.694. The van der Waals surface area contributed by atoms with Gasteiger partial charge in [0.15, 0.2) is 0 Å². The van der Waals surface area contributed by atoms with Crippen molar-refractivity contribution in [1.82, 2.24) is 0 Å². The highest BCUT2D eigenvalue weighted by molar-refractivity contribution is 9.09. The smallest absolute Gasteiger partial charge is 0.129 e. The Bertz CT molecular complexity index is 472. The van der Waals surface area contributed by atoms with Crippen molar-refractivity contribution >= 4 is 50.2 Å². The van der Waals surface area contributed by atoms with E-state index in [2.05, 4.69) is 22.0 Å². The second kappa shape index (κ2) is 5.08. The van der Waals surface area contributed by atoms with Crippen LogP contribution in [0, 0.1) is 6.92 Å². The average Bonchev–Trinajstić information content (AvgIpc) is 2.86. The van der Waals surface area contributed by atoms with Gasteiger partial charge in [0, 0.05) is 15.1 Å². The molecule has 1 nitrogen and oxygen atoms in total. The first-order valence-corrected chi connectivity index (χ1v) is 7.63. The van der Waals surface area contributed by atoms with Gasteiger partial charge in [-0.3, -0.25) is 0 Å². The van der Waals surface area contributed by atoms with Gasteiger partial charge in [0.2, 0.25) is 0 Å². The summed E-state index contributed by atoms with van der Waals surface area (Å²) in [5, 5.41) is 2.01. The zero-order valence-corrected chi connectivity index (χ0v) is 12.8. The standard InChI is InChI=1S/C11H10BrClOS2/c1-6-3-9(16-11(6)13)10(12)8-4-7(14-2)5-15-8/h3-5,10H,1-2H3. The third kappa shape index (κ3) is 2.45. The molecule has 0 aliphatic rings. The Kier molecular flexibility index (Phi) is 3.95. The van der Waals surface area contributed by atoms with E-state index in [4.69, 9.17) is 16.3 Å². The monoisotopic (exact) mass is 336 g/mol. The first kappa shape index (κ1) is 12.4. The van der Waals surface area contributed by atoms with E-state index < -0.39 is 0 Å². The van der Waals surface area contributed by atoms with Crippen molar-refractivity contribution in [2.75, 3.05) is 7.11 Å². The van der Waals surface area contributed by atoms with Crippen LogP contribution in [0.4, 0.5) is 0 Å². The third-order valence-electron chi connectivity index (χ3n) is 2.21. The van der Waals surface area contributed by atoms with Crippen LogP contribution in [0.25, 0.3) is 0 Å². The van der Waals surface area contributed by atoms with Gasteiger partial charge in [-0.05, 0) is 24.6 Å². The van der Waals surface area contributed by atoms with Crippen molar-refractivity contribution < 1.29 is 4.74 Å². The SMILES string of the molecule is COc1csc(C(Br)c2cc(C)c(Cl)s2)c1. The van der Waals surface area contributed by atoms with Crippen molar-refractivity contribution in [2.24, 2.45) is 0 Å². The zero-order chi connectivity index (χ0) is 11.7. The minimum absolute atomic E-state index is 0.206. The number of aryl methyl sites for hydroxylation is 1. The Morgan fingerprint density at radius 2 is 2.12 bits per heavy atom. The van der Waals surface area contributed by atoms with Crippen LogP contribution < -0.4 is 4.74 Å². The molecule has 2 heterocycles. The van der Waals surface area contributed by atoms with Gasteiger partial charge in [-0.15, -0.1) is 22.7 Å². The molecule has 5 heteroatoms. The van der Waals surface area contributed by atoms with Crippen molar-refractivity contribution in [3.8, 4) is 5.75 Å². The average molecular weight is 338 g/mol. The Morgan fingerprint density at radius 1 is 1.38 bits per heavy atom. The first-order valence-electron chi connectivity index (χ1n) is 4.64. The predicted octanol–water partition coefficient (Wildman–Crippen LogP) is 5.26. The van der Waals surface area contributed by atoms with Crippen LogP contribution in [0.5, 0.6) is 5.75 Å². The second-order valence-electron chi connectivity index (χ2n) is 3.36. The molecule has 0 saturated carbocycles. The van der Waals surface area contributed by atoms with E-state index in [1.807, 2.05) is 18.4 Å². The molecular formula is C11H10BrClOS2. The number of hydrogen-bond acceptors (Lipinski definition) is 3. The maximum atomic E-state index is 6.07. The Balaban J connectivity index is 2.27. The highest BCUT2D eigenvalue weighted by Crippen LogP contribution is 2.42. The summed E-state index contributed by atoms with van der Waals surface area (Å²) in [6.07, 6.45) is 0. The van der Waals surface area contributed by atoms with Crippen LogP contribution in [0.15, 0.2) is 17.5 Å². The van der Waals surface area contributed by atoms with Crippen molar-refractivity contribution in [2.45, 2.75) is 11.8 Å². The van der Waals surface area contributed by atoms with Gasteiger partial charge < -0.3 is 4.74 Å². The van der Waals surface area contributed by atoms with E-state index in [1.165, 1.54) is 9.75 Å². The Labute approximate surface area is 116 Å². The number of alkyl halides is 1. The van der Waals surface area contributed by atoms with E-state index in [9.17, 15) is 0 Å². The molecule has 0 bridgehead atoms. The van der Waals surface area contributed by atoms with Crippen molar-refractivity contribution in [3.63, 3.8) is 0 Å². The zero-order valence-electron chi connectivity index (χ0n) is 8.79. The lowest BCUT2D eigenvalue weighted by molar-refractivity contribution is 0.416. The molecule has 2 aromatic heterocycles. The number of halogens is 2. The topological polar surface area (TPSA) is 9.23 Å². The molecule has 1 atom stereocenters. The number of methoxy groups -OCH3 is 1. The summed E-state index contributed by atoms with van der Waals surface area (Å²) in [6.45, 7) is 2.02. The minimum atomic E-state index is 0.206. The molecule has 0 amide bonds. The summed E-state index contributed by atoms with van der Waals surface area (Å²) in [5.74, 6) is 0.906. The Morgan fingerprint density at radius 3 is 2.62 bits per heavy atom. The fourth-order valence-corrected chi connectivity index (χ4v) is 4.33. The van der Waals surface area contributed by atoms with Gasteiger partial charge in [0.25, 0.3) is 0 Å². The molecule has 86 valence electrons. The van der Waals surface area contributed by atoms with Gasteiger partial charge in [-0.2, -0.15) is 0 Å². The molecule has 0 aliphatic carbocycles. The van der Waals surface area contributed by atoms with Crippen molar-refractivity contribution in [3.05, 3.63) is 37.2 Å². The number of ether oxygens (including phenoxy) is 1. The largest absolute Gasteiger partial charge is 0.496 e. The molecule has 0 aliphatic heterocycles. The fraction of sp³-hybridized carbons (Fsp3) is 0.273. The van der Waals surface area contributed by atoms with E-state index >= 15 is 0 Å². The van der Waals surface area contributed by atoms with Crippen LogP contribution in [0.1, 0.15) is 20.1 Å². The van der Waals surface area contributed by atoms with Gasteiger partial charge in [-0.1, -0.05) is 27.5 Å². The second-order valence-corrected chi connectivity index (χ2v) is 6.90. The molecule has 0 saturated heterocycles. The first-order chi connectivity index (χ1) is 7.61. The number of hydrogen-bond donors (Lipinski definition) is 0. The molecule has 0 radical (unpaired) electrons. The molecule has 0 aromatic carbocycles. The maximum absolute atomic E-state index is 6.07. The highest BCUT2D eigenvalue weighted by Gasteiger charge is 2.16. The van der Waals surface area contributed by atoms with Gasteiger partial charge >= 0.3 is 0 Å². The molecule has 0 fully saturated rings. The van der Waals surface area contributed by atoms with Crippen LogP contribution in [-0.2, 0) is 0 Å². The maximum Gasteiger partial charge on any atom is 0.129 e. The summed E-state index contributed by atoms with van der Waals surface area (Å²) in [5.41, 5.74) is 1.13. The summed E-state index contributed by atoms with van der Waals surface area (Å²) >= 11 is 13.1. The molecule has 0 spiro atoms. The third-order valence-corrected chi connectivity index (χ3v) is 6.40. The summed E-state index contributed by atoms with van der Waals surface area (Å²) in [4.78, 5) is 2.67. The highest BCUT2D eigenvalue weighted by atomic mass is 79.9. The lowest BCUT2D eigenvalue weighted by Gasteiger charge is -2.03. The van der Waals surface area contributed by atoms with Gasteiger partial charge in [-0.25, -0.2) is 0 Å². The van der Waals surface area contributed by atoms with E-state index in [0.717, 1.165) is 15.6 Å². The van der Waals surface area contributed by atoms with Crippen molar-refractivity contribution in [1.29, 1.82) is 0 Å². The van der Waals surface area contributed by atoms with Crippen LogP contribution in [0.2, 0.25) is 4.34 Å². The normalized spacial score (nSPS) is 12.8. The summed E-state index contributed by atoms with van der Waals surface area (Å²) < 4.78 is 6.04. The van der Waals surface area contributed by atoms with Crippen LogP contribution in [0.3, 0.4) is 0 Å². The van der Waals surface area contributed by atoms with Gasteiger partial charge in [0.05, 0.1) is 16.3 Å². The molecule has 0 N–H and O–H groups in total. The molecule has 16 heavy (non-hydrogen) atoms. The minimum Gasteiger partial charge on any atom is -0.496 e. The molecular weight excluding hydrogens is 328 g/mol. The summed E-state index contributed by atoms with van der Waals surface area (Å²) in [7, 11) is 1.68. The number of rotatable bonds is 3. The fourth-order valence-electron chi connectivity index (χ4n) is 1.32. The van der Waals surface area contributed by atoms with Crippen LogP contribution >= 0.6 is 50.2 Å². The lowest BCUT2D eigenvalue weighted by atomic mass is 10.2. The lowest BCUT2D eigenvalue weighted by Crippen LogP contribution is -1.84. The molecule has 2 aromatic rings.